The highest BCUT2D eigenvalue weighted by Gasteiger charge is 2.30. The second kappa shape index (κ2) is 4.20. The van der Waals surface area contributed by atoms with Gasteiger partial charge < -0.3 is 0 Å². The van der Waals surface area contributed by atoms with Crippen molar-refractivity contribution < 1.29 is 4.39 Å². The molecule has 3 unspecified atom stereocenters. The summed E-state index contributed by atoms with van der Waals surface area (Å²) in [5.74, 6) is 0.271. The molecule has 2 nitrogen and oxygen atoms in total. The average Bonchev–Trinajstić information content (AvgIpc) is 2.53. The highest BCUT2D eigenvalue weighted by Crippen LogP contribution is 2.30. The predicted molar refractivity (Wildman–Crippen MR) is 61.7 cm³/mol. The molecule has 1 heterocycles. The van der Waals surface area contributed by atoms with Crippen LogP contribution >= 0.6 is 15.9 Å². The van der Waals surface area contributed by atoms with Crippen LogP contribution in [0.3, 0.4) is 0 Å². The van der Waals surface area contributed by atoms with E-state index >= 15 is 0 Å². The normalized spacial score (nSPS) is 30.8. The number of benzene rings is 1. The molecule has 0 amide bonds. The van der Waals surface area contributed by atoms with Gasteiger partial charge in [-0.05, 0) is 46.5 Å². The van der Waals surface area contributed by atoms with Gasteiger partial charge in [0.15, 0.2) is 0 Å². The van der Waals surface area contributed by atoms with Crippen LogP contribution in [0, 0.1) is 11.7 Å². The maximum Gasteiger partial charge on any atom is 0.137 e. The van der Waals surface area contributed by atoms with Crippen LogP contribution in [-0.2, 0) is 0 Å². The second-order valence-corrected chi connectivity index (χ2v) is 4.94. The molecule has 0 aliphatic carbocycles. The van der Waals surface area contributed by atoms with Crippen LogP contribution in [0.25, 0.3) is 0 Å². The van der Waals surface area contributed by atoms with Crippen molar-refractivity contribution in [2.45, 2.75) is 25.9 Å². The summed E-state index contributed by atoms with van der Waals surface area (Å²) in [5.41, 5.74) is 7.52. The zero-order valence-corrected chi connectivity index (χ0v) is 10.3. The summed E-state index contributed by atoms with van der Waals surface area (Å²) in [7, 11) is 0. The van der Waals surface area contributed by atoms with E-state index in [4.69, 9.17) is 0 Å². The molecule has 0 bridgehead atoms. The van der Waals surface area contributed by atoms with Gasteiger partial charge in [-0.15, -0.1) is 0 Å². The van der Waals surface area contributed by atoms with Crippen molar-refractivity contribution >= 4 is 15.9 Å². The van der Waals surface area contributed by atoms with Gasteiger partial charge in [0.2, 0.25) is 0 Å². The van der Waals surface area contributed by atoms with Crippen LogP contribution in [0.15, 0.2) is 22.7 Å². The fourth-order valence-corrected chi connectivity index (χ4v) is 2.26. The minimum atomic E-state index is -0.217. The van der Waals surface area contributed by atoms with E-state index in [2.05, 4.69) is 40.6 Å². The second-order valence-electron chi connectivity index (χ2n) is 4.09. The Kier molecular flexibility index (Phi) is 3.09. The molecule has 1 aliphatic heterocycles. The van der Waals surface area contributed by atoms with Crippen molar-refractivity contribution in [3.8, 4) is 0 Å². The van der Waals surface area contributed by atoms with Gasteiger partial charge in [-0.3, -0.25) is 5.43 Å². The van der Waals surface area contributed by atoms with Crippen molar-refractivity contribution in [2.75, 3.05) is 0 Å². The first-order valence-electron chi connectivity index (χ1n) is 5.05. The number of halogens is 2. The summed E-state index contributed by atoms with van der Waals surface area (Å²) in [6, 6.07) is 5.84. The monoisotopic (exact) mass is 272 g/mol. The molecule has 1 aromatic carbocycles. The lowest BCUT2D eigenvalue weighted by atomic mass is 9.92. The topological polar surface area (TPSA) is 24.1 Å². The Morgan fingerprint density at radius 1 is 1.27 bits per heavy atom. The fourth-order valence-electron chi connectivity index (χ4n) is 1.87. The maximum atomic E-state index is 13.1. The van der Waals surface area contributed by atoms with Gasteiger partial charge in [0.1, 0.15) is 5.82 Å². The smallest absolute Gasteiger partial charge is 0.137 e. The molecule has 0 aromatic heterocycles. The van der Waals surface area contributed by atoms with Gasteiger partial charge in [0.05, 0.1) is 10.5 Å². The van der Waals surface area contributed by atoms with E-state index in [-0.39, 0.29) is 11.9 Å². The van der Waals surface area contributed by atoms with Crippen molar-refractivity contribution in [3.63, 3.8) is 0 Å². The number of hydrogen-bond acceptors (Lipinski definition) is 2. The van der Waals surface area contributed by atoms with E-state index in [0.717, 1.165) is 5.56 Å². The lowest BCUT2D eigenvalue weighted by Gasteiger charge is -2.16. The van der Waals surface area contributed by atoms with Gasteiger partial charge in [-0.25, -0.2) is 9.82 Å². The lowest BCUT2D eigenvalue weighted by Crippen LogP contribution is -2.29. The van der Waals surface area contributed by atoms with Crippen LogP contribution in [0.4, 0.5) is 4.39 Å². The van der Waals surface area contributed by atoms with Gasteiger partial charge in [-0.1, -0.05) is 13.0 Å². The standard InChI is InChI=1S/C11H14BrFN2/c1-6-7(2)14-15-11(6)8-3-4-10(13)9(12)5-8/h3-7,11,14-15H,1-2H3. The van der Waals surface area contributed by atoms with E-state index in [9.17, 15) is 4.39 Å². The summed E-state index contributed by atoms with van der Waals surface area (Å²) < 4.78 is 13.6. The number of nitrogens with one attached hydrogen (secondary N) is 2. The van der Waals surface area contributed by atoms with Crippen molar-refractivity contribution in [2.24, 2.45) is 5.92 Å². The molecule has 2 N–H and O–H groups in total. The summed E-state index contributed by atoms with van der Waals surface area (Å²) in [6.07, 6.45) is 0. The Balaban J connectivity index is 2.26. The number of hydrazine groups is 1. The molecule has 0 saturated carbocycles. The SMILES string of the molecule is CC1NNC(c2ccc(F)c(Br)c2)C1C. The van der Waals surface area contributed by atoms with Crippen LogP contribution in [0.5, 0.6) is 0 Å². The molecular weight excluding hydrogens is 259 g/mol. The van der Waals surface area contributed by atoms with Crippen molar-refractivity contribution in [3.05, 3.63) is 34.1 Å². The predicted octanol–water partition coefficient (Wildman–Crippen LogP) is 2.76. The first kappa shape index (κ1) is 11.0. The molecular formula is C11H14BrFN2. The molecule has 2 rings (SSSR count). The zero-order valence-electron chi connectivity index (χ0n) is 8.72. The molecule has 0 spiro atoms. The average molecular weight is 273 g/mol. The summed E-state index contributed by atoms with van der Waals surface area (Å²) in [4.78, 5) is 0. The Bertz CT molecular complexity index is 370. The van der Waals surface area contributed by atoms with Crippen LogP contribution in [0.2, 0.25) is 0 Å². The number of hydrogen-bond donors (Lipinski definition) is 2. The van der Waals surface area contributed by atoms with Crippen LogP contribution in [0.1, 0.15) is 25.5 Å². The van der Waals surface area contributed by atoms with Gasteiger partial charge in [0.25, 0.3) is 0 Å². The summed E-state index contributed by atoms with van der Waals surface area (Å²) in [6.45, 7) is 4.32. The van der Waals surface area contributed by atoms with E-state index in [1.54, 1.807) is 0 Å². The molecule has 4 heteroatoms. The third kappa shape index (κ3) is 2.07. The Morgan fingerprint density at radius 3 is 2.53 bits per heavy atom. The maximum absolute atomic E-state index is 13.1. The molecule has 1 aliphatic rings. The molecule has 1 aromatic rings. The highest BCUT2D eigenvalue weighted by molar-refractivity contribution is 9.10. The zero-order chi connectivity index (χ0) is 11.0. The number of rotatable bonds is 1. The quantitative estimate of drug-likeness (QED) is 0.822. The largest absolute Gasteiger partial charge is 0.254 e. The van der Waals surface area contributed by atoms with E-state index < -0.39 is 0 Å². The Hall–Kier alpha value is -0.450. The van der Waals surface area contributed by atoms with Gasteiger partial charge in [-0.2, -0.15) is 0 Å². The molecule has 1 saturated heterocycles. The first-order chi connectivity index (χ1) is 7.09. The molecule has 3 atom stereocenters. The van der Waals surface area contributed by atoms with E-state index in [1.807, 2.05) is 12.1 Å². The Morgan fingerprint density at radius 2 is 2.00 bits per heavy atom. The third-order valence-electron chi connectivity index (χ3n) is 3.08. The lowest BCUT2D eigenvalue weighted by molar-refractivity contribution is 0.474. The minimum Gasteiger partial charge on any atom is -0.254 e. The van der Waals surface area contributed by atoms with Gasteiger partial charge in [0, 0.05) is 6.04 Å². The molecule has 82 valence electrons. The van der Waals surface area contributed by atoms with Crippen LogP contribution < -0.4 is 10.9 Å². The molecule has 1 fully saturated rings. The van der Waals surface area contributed by atoms with Gasteiger partial charge >= 0.3 is 0 Å². The van der Waals surface area contributed by atoms with E-state index in [0.29, 0.717) is 16.4 Å². The highest BCUT2D eigenvalue weighted by atomic mass is 79.9. The Labute approximate surface area is 97.4 Å². The molecule has 15 heavy (non-hydrogen) atoms. The van der Waals surface area contributed by atoms with Crippen molar-refractivity contribution in [1.82, 2.24) is 10.9 Å². The molecule has 0 radical (unpaired) electrons. The van der Waals surface area contributed by atoms with Crippen LogP contribution in [-0.4, -0.2) is 6.04 Å². The third-order valence-corrected chi connectivity index (χ3v) is 3.69. The van der Waals surface area contributed by atoms with E-state index in [1.165, 1.54) is 6.07 Å². The first-order valence-corrected chi connectivity index (χ1v) is 5.85. The summed E-state index contributed by atoms with van der Waals surface area (Å²) >= 11 is 3.20. The minimum absolute atomic E-state index is 0.217. The fraction of sp³-hybridized carbons (Fsp3) is 0.455. The van der Waals surface area contributed by atoms with Crippen molar-refractivity contribution in [1.29, 1.82) is 0 Å². The summed E-state index contributed by atoms with van der Waals surface area (Å²) in [5, 5.41) is 0.